The van der Waals surface area contributed by atoms with Gasteiger partial charge in [-0.15, -0.1) is 0 Å². The maximum atomic E-state index is 13.2. The third-order valence-corrected chi connectivity index (χ3v) is 5.87. The van der Waals surface area contributed by atoms with Crippen LogP contribution in [0.5, 0.6) is 5.75 Å². The largest absolute Gasteiger partial charge is 0.484 e. The first-order valence-electron chi connectivity index (χ1n) is 11.0. The Bertz CT molecular complexity index is 879. The second-order valence-electron chi connectivity index (χ2n) is 8.10. The van der Waals surface area contributed by atoms with Crippen molar-refractivity contribution in [2.24, 2.45) is 0 Å². The number of nitrogens with one attached hydrogen (secondary N) is 1. The predicted molar refractivity (Wildman–Crippen MR) is 118 cm³/mol. The molecule has 31 heavy (non-hydrogen) atoms. The van der Waals surface area contributed by atoms with Crippen LogP contribution in [0.4, 0.5) is 4.39 Å². The highest BCUT2D eigenvalue weighted by Crippen LogP contribution is 2.20. The highest BCUT2D eigenvalue weighted by atomic mass is 19.1. The molecule has 0 saturated heterocycles. The van der Waals surface area contributed by atoms with Crippen molar-refractivity contribution in [1.29, 1.82) is 0 Å². The Morgan fingerprint density at radius 3 is 2.45 bits per heavy atom. The molecule has 1 aliphatic rings. The van der Waals surface area contributed by atoms with E-state index < -0.39 is 6.04 Å². The van der Waals surface area contributed by atoms with Crippen molar-refractivity contribution in [3.63, 3.8) is 0 Å². The standard InChI is InChI=1S/C25H31FN2O3/c1-3-23(25(30)27-21-10-6-7-11-21)28(16-19-9-5-4-8-18(19)2)24(29)17-31-22-14-12-20(26)13-15-22/h4-5,8-9,12-15,21,23H,3,6-7,10-11,16-17H2,1-2H3,(H,27,30)/t23-/m1/s1. The van der Waals surface area contributed by atoms with Crippen LogP contribution in [0.15, 0.2) is 48.5 Å². The van der Waals surface area contributed by atoms with E-state index in [9.17, 15) is 14.0 Å². The first kappa shape index (κ1) is 22.8. The van der Waals surface area contributed by atoms with E-state index in [0.717, 1.165) is 36.8 Å². The van der Waals surface area contributed by atoms with Gasteiger partial charge in [0.05, 0.1) is 0 Å². The minimum absolute atomic E-state index is 0.113. The zero-order chi connectivity index (χ0) is 22.2. The number of carbonyl (C=O) groups is 2. The van der Waals surface area contributed by atoms with Crippen LogP contribution in [-0.4, -0.2) is 35.4 Å². The van der Waals surface area contributed by atoms with Crippen molar-refractivity contribution >= 4 is 11.8 Å². The number of amides is 2. The Labute approximate surface area is 183 Å². The monoisotopic (exact) mass is 426 g/mol. The van der Waals surface area contributed by atoms with E-state index in [0.29, 0.717) is 18.7 Å². The van der Waals surface area contributed by atoms with E-state index in [2.05, 4.69) is 5.32 Å². The fourth-order valence-electron chi connectivity index (χ4n) is 4.02. The SMILES string of the molecule is CC[C@H](C(=O)NC1CCCC1)N(Cc1ccccc1C)C(=O)COc1ccc(F)cc1. The third kappa shape index (κ3) is 6.29. The molecule has 1 atom stereocenters. The molecule has 1 saturated carbocycles. The maximum Gasteiger partial charge on any atom is 0.261 e. The number of nitrogens with zero attached hydrogens (tertiary/aromatic N) is 1. The van der Waals surface area contributed by atoms with Crippen molar-refractivity contribution in [2.75, 3.05) is 6.61 Å². The summed E-state index contributed by atoms with van der Waals surface area (Å²) in [5.41, 5.74) is 2.05. The van der Waals surface area contributed by atoms with Gasteiger partial charge in [0.1, 0.15) is 17.6 Å². The first-order valence-corrected chi connectivity index (χ1v) is 11.0. The topological polar surface area (TPSA) is 58.6 Å². The van der Waals surface area contributed by atoms with Crippen molar-refractivity contribution in [2.45, 2.75) is 64.6 Å². The minimum Gasteiger partial charge on any atom is -0.484 e. The van der Waals surface area contributed by atoms with E-state index in [1.807, 2.05) is 38.1 Å². The Balaban J connectivity index is 1.76. The quantitative estimate of drug-likeness (QED) is 0.647. The number of hydrogen-bond acceptors (Lipinski definition) is 3. The van der Waals surface area contributed by atoms with Gasteiger partial charge in [0.2, 0.25) is 5.91 Å². The van der Waals surface area contributed by atoms with Gasteiger partial charge in [-0.25, -0.2) is 4.39 Å². The second-order valence-corrected chi connectivity index (χ2v) is 8.10. The van der Waals surface area contributed by atoms with E-state index >= 15 is 0 Å². The average Bonchev–Trinajstić information content (AvgIpc) is 3.27. The summed E-state index contributed by atoms with van der Waals surface area (Å²) in [6, 6.07) is 13.0. The Morgan fingerprint density at radius 1 is 1.13 bits per heavy atom. The molecule has 5 nitrogen and oxygen atoms in total. The first-order chi connectivity index (χ1) is 15.0. The Kier molecular flexibility index (Phi) is 8.04. The highest BCUT2D eigenvalue weighted by molar-refractivity contribution is 5.88. The Hall–Kier alpha value is -2.89. The van der Waals surface area contributed by atoms with Crippen molar-refractivity contribution in [3.8, 4) is 5.75 Å². The van der Waals surface area contributed by atoms with Crippen LogP contribution >= 0.6 is 0 Å². The summed E-state index contributed by atoms with van der Waals surface area (Å²) < 4.78 is 18.7. The van der Waals surface area contributed by atoms with Gasteiger partial charge in [-0.2, -0.15) is 0 Å². The summed E-state index contributed by atoms with van der Waals surface area (Å²) in [4.78, 5) is 27.9. The third-order valence-electron chi connectivity index (χ3n) is 5.87. The number of halogens is 1. The zero-order valence-corrected chi connectivity index (χ0v) is 18.3. The molecule has 1 fully saturated rings. The van der Waals surface area contributed by atoms with Gasteiger partial charge in [-0.3, -0.25) is 9.59 Å². The molecule has 0 bridgehead atoms. The average molecular weight is 427 g/mol. The fraction of sp³-hybridized carbons (Fsp3) is 0.440. The highest BCUT2D eigenvalue weighted by Gasteiger charge is 2.31. The molecule has 3 rings (SSSR count). The lowest BCUT2D eigenvalue weighted by atomic mass is 10.1. The fourth-order valence-corrected chi connectivity index (χ4v) is 4.02. The summed E-state index contributed by atoms with van der Waals surface area (Å²) >= 11 is 0. The normalized spacial score (nSPS) is 14.8. The van der Waals surface area contributed by atoms with Crippen LogP contribution in [0.2, 0.25) is 0 Å². The summed E-state index contributed by atoms with van der Waals surface area (Å²) in [7, 11) is 0. The number of carbonyl (C=O) groups excluding carboxylic acids is 2. The molecule has 1 N–H and O–H groups in total. The lowest BCUT2D eigenvalue weighted by Crippen LogP contribution is -2.52. The van der Waals surface area contributed by atoms with Crippen LogP contribution in [0.25, 0.3) is 0 Å². The van der Waals surface area contributed by atoms with Crippen LogP contribution in [-0.2, 0) is 16.1 Å². The molecular formula is C25H31FN2O3. The number of benzene rings is 2. The summed E-state index contributed by atoms with van der Waals surface area (Å²) in [6.45, 7) is 4.02. The Morgan fingerprint density at radius 2 is 1.81 bits per heavy atom. The van der Waals surface area contributed by atoms with E-state index in [1.54, 1.807) is 4.90 Å². The molecular weight excluding hydrogens is 395 g/mol. The summed E-state index contributed by atoms with van der Waals surface area (Å²) in [6.07, 6.45) is 4.73. The molecule has 0 aliphatic heterocycles. The van der Waals surface area contributed by atoms with Gasteiger partial charge in [0.15, 0.2) is 6.61 Å². The lowest BCUT2D eigenvalue weighted by Gasteiger charge is -2.31. The predicted octanol–water partition coefficient (Wildman–Crippen LogP) is 4.38. The summed E-state index contributed by atoms with van der Waals surface area (Å²) in [5, 5.41) is 3.13. The van der Waals surface area contributed by atoms with Gasteiger partial charge >= 0.3 is 0 Å². The van der Waals surface area contributed by atoms with Gasteiger partial charge in [-0.1, -0.05) is 44.0 Å². The van der Waals surface area contributed by atoms with Crippen molar-refractivity contribution in [3.05, 3.63) is 65.5 Å². The number of hydrogen-bond donors (Lipinski definition) is 1. The molecule has 2 aromatic rings. The molecule has 2 amide bonds. The molecule has 0 radical (unpaired) electrons. The molecule has 0 heterocycles. The molecule has 0 unspecified atom stereocenters. The van der Waals surface area contributed by atoms with E-state index in [-0.39, 0.29) is 30.3 Å². The van der Waals surface area contributed by atoms with Gasteiger partial charge in [-0.05, 0) is 61.6 Å². The molecule has 0 aromatic heterocycles. The molecule has 1 aliphatic carbocycles. The lowest BCUT2D eigenvalue weighted by molar-refractivity contribution is -0.143. The molecule has 166 valence electrons. The van der Waals surface area contributed by atoms with Crippen LogP contribution in [0.1, 0.15) is 50.2 Å². The van der Waals surface area contributed by atoms with Crippen LogP contribution in [0.3, 0.4) is 0 Å². The van der Waals surface area contributed by atoms with Gasteiger partial charge < -0.3 is 15.0 Å². The molecule has 6 heteroatoms. The number of aryl methyl sites for hydroxylation is 1. The maximum absolute atomic E-state index is 13.2. The van der Waals surface area contributed by atoms with Gasteiger partial charge in [0, 0.05) is 12.6 Å². The van der Waals surface area contributed by atoms with Gasteiger partial charge in [0.25, 0.3) is 5.91 Å². The summed E-state index contributed by atoms with van der Waals surface area (Å²) in [5.74, 6) is -0.345. The zero-order valence-electron chi connectivity index (χ0n) is 18.3. The molecule has 2 aromatic carbocycles. The smallest absolute Gasteiger partial charge is 0.261 e. The second kappa shape index (κ2) is 10.9. The van der Waals surface area contributed by atoms with E-state index in [4.69, 9.17) is 4.74 Å². The van der Waals surface area contributed by atoms with Crippen molar-refractivity contribution < 1.29 is 18.7 Å². The minimum atomic E-state index is -0.579. The van der Waals surface area contributed by atoms with E-state index in [1.165, 1.54) is 24.3 Å². The molecule has 0 spiro atoms. The number of ether oxygens (including phenoxy) is 1. The number of rotatable bonds is 9. The van der Waals surface area contributed by atoms with Crippen LogP contribution < -0.4 is 10.1 Å². The van der Waals surface area contributed by atoms with Crippen LogP contribution in [0, 0.1) is 12.7 Å². The van der Waals surface area contributed by atoms with Crippen molar-refractivity contribution in [1.82, 2.24) is 10.2 Å².